The van der Waals surface area contributed by atoms with Crippen LogP contribution in [0.15, 0.2) is 18.2 Å². The molecule has 3 amide bonds. The maximum absolute atomic E-state index is 13.0. The van der Waals surface area contributed by atoms with Gasteiger partial charge in [0.1, 0.15) is 6.04 Å². The summed E-state index contributed by atoms with van der Waals surface area (Å²) >= 11 is 0. The first-order valence-corrected chi connectivity index (χ1v) is 11.1. The lowest BCUT2D eigenvalue weighted by Gasteiger charge is -2.36. The number of amides is 3. The fraction of sp³-hybridized carbons (Fsp3) is 0.609. The van der Waals surface area contributed by atoms with E-state index in [2.05, 4.69) is 10.6 Å². The molecule has 0 aliphatic carbocycles. The number of rotatable bonds is 9. The molecule has 2 aliphatic heterocycles. The molecule has 0 unspecified atom stereocenters. The summed E-state index contributed by atoms with van der Waals surface area (Å²) in [4.78, 5) is 39.9. The third-order valence-corrected chi connectivity index (χ3v) is 5.72. The summed E-state index contributed by atoms with van der Waals surface area (Å²) in [7, 11) is 1.57. The summed E-state index contributed by atoms with van der Waals surface area (Å²) in [6.07, 6.45) is 1.62. The number of nitrogens with one attached hydrogen (secondary N) is 2. The number of carbonyl (C=O) groups is 3. The van der Waals surface area contributed by atoms with E-state index in [1.165, 1.54) is 0 Å². The highest BCUT2D eigenvalue weighted by molar-refractivity contribution is 5.95. The molecule has 2 N–H and O–H groups in total. The molecular weight excluding hydrogens is 414 g/mol. The van der Waals surface area contributed by atoms with Crippen molar-refractivity contribution in [2.75, 3.05) is 40.1 Å². The first kappa shape index (κ1) is 23.8. The molecule has 176 valence electrons. The molecule has 0 radical (unpaired) electrons. The fourth-order valence-electron chi connectivity index (χ4n) is 4.03. The van der Waals surface area contributed by atoms with Gasteiger partial charge in [-0.05, 0) is 42.9 Å². The van der Waals surface area contributed by atoms with Crippen LogP contribution in [0.2, 0.25) is 0 Å². The third kappa shape index (κ3) is 6.12. The van der Waals surface area contributed by atoms with E-state index in [1.54, 1.807) is 30.2 Å². The number of hydrogen-bond acceptors (Lipinski definition) is 6. The Morgan fingerprint density at radius 3 is 2.56 bits per heavy atom. The highest BCUT2D eigenvalue weighted by Crippen LogP contribution is 2.33. The molecule has 0 spiro atoms. The van der Waals surface area contributed by atoms with Crippen molar-refractivity contribution in [3.63, 3.8) is 0 Å². The van der Waals surface area contributed by atoms with E-state index in [1.807, 2.05) is 13.8 Å². The first-order chi connectivity index (χ1) is 15.4. The second kappa shape index (κ2) is 11.2. The zero-order valence-electron chi connectivity index (χ0n) is 19.0. The van der Waals surface area contributed by atoms with Crippen LogP contribution in [0.4, 0.5) is 0 Å². The number of ether oxygens (including phenoxy) is 3. The summed E-state index contributed by atoms with van der Waals surface area (Å²) < 4.78 is 15.7. The van der Waals surface area contributed by atoms with Gasteiger partial charge >= 0.3 is 0 Å². The Balaban J connectivity index is 1.61. The zero-order chi connectivity index (χ0) is 23.1. The van der Waals surface area contributed by atoms with Gasteiger partial charge in [0.25, 0.3) is 5.91 Å². The smallest absolute Gasteiger partial charge is 0.253 e. The molecule has 3 rings (SSSR count). The maximum Gasteiger partial charge on any atom is 0.253 e. The predicted molar refractivity (Wildman–Crippen MR) is 117 cm³/mol. The topological polar surface area (TPSA) is 106 Å². The van der Waals surface area contributed by atoms with Crippen LogP contribution < -0.4 is 20.1 Å². The Morgan fingerprint density at radius 1 is 1.16 bits per heavy atom. The van der Waals surface area contributed by atoms with Gasteiger partial charge in [-0.3, -0.25) is 14.4 Å². The van der Waals surface area contributed by atoms with Gasteiger partial charge in [0, 0.05) is 38.7 Å². The first-order valence-electron chi connectivity index (χ1n) is 11.1. The molecule has 2 heterocycles. The molecule has 1 atom stereocenters. The molecule has 1 saturated heterocycles. The largest absolute Gasteiger partial charge is 0.454 e. The van der Waals surface area contributed by atoms with E-state index in [9.17, 15) is 14.4 Å². The van der Waals surface area contributed by atoms with Crippen LogP contribution in [0.3, 0.4) is 0 Å². The molecule has 32 heavy (non-hydrogen) atoms. The lowest BCUT2D eigenvalue weighted by Crippen LogP contribution is -2.54. The minimum absolute atomic E-state index is 0.0468. The van der Waals surface area contributed by atoms with Gasteiger partial charge in [-0.15, -0.1) is 0 Å². The molecule has 9 heteroatoms. The fourth-order valence-corrected chi connectivity index (χ4v) is 4.03. The molecule has 1 fully saturated rings. The van der Waals surface area contributed by atoms with Gasteiger partial charge in [-0.1, -0.05) is 13.8 Å². The Kier molecular flexibility index (Phi) is 8.33. The highest BCUT2D eigenvalue weighted by Gasteiger charge is 2.34. The van der Waals surface area contributed by atoms with E-state index < -0.39 is 6.04 Å². The Hall–Kier alpha value is -2.81. The summed E-state index contributed by atoms with van der Waals surface area (Å²) in [5.41, 5.74) is 0.548. The number of carbonyl (C=O) groups excluding carboxylic acids is 3. The number of piperidine rings is 1. The van der Waals surface area contributed by atoms with E-state index in [0.29, 0.717) is 62.6 Å². The molecule has 0 aromatic heterocycles. The molecule has 9 nitrogen and oxygen atoms in total. The Morgan fingerprint density at radius 2 is 1.88 bits per heavy atom. The summed E-state index contributed by atoms with van der Waals surface area (Å²) in [6.45, 7) is 5.91. The van der Waals surface area contributed by atoms with Crippen molar-refractivity contribution >= 4 is 17.7 Å². The lowest BCUT2D eigenvalue weighted by molar-refractivity contribution is -0.131. The normalized spacial score (nSPS) is 16.7. The van der Waals surface area contributed by atoms with Crippen molar-refractivity contribution in [1.82, 2.24) is 15.5 Å². The highest BCUT2D eigenvalue weighted by atomic mass is 16.7. The quantitative estimate of drug-likeness (QED) is 0.557. The lowest BCUT2D eigenvalue weighted by atomic mass is 9.88. The van der Waals surface area contributed by atoms with Crippen LogP contribution in [0.5, 0.6) is 11.5 Å². The predicted octanol–water partition coefficient (Wildman–Crippen LogP) is 1.56. The summed E-state index contributed by atoms with van der Waals surface area (Å²) in [5, 5.41) is 5.76. The number of hydrogen-bond donors (Lipinski definition) is 2. The maximum atomic E-state index is 13.0. The number of likely N-dealkylation sites (tertiary alicyclic amines) is 1. The standard InChI is InChI=1S/C23H33N3O6/c1-15(2)12-20(27)25-21(22(28)24-8-11-30-3)16-6-9-26(10-7-16)23(29)17-4-5-18-19(13-17)32-14-31-18/h4-5,13,15-16,21H,6-12,14H2,1-3H3,(H,24,28)(H,25,27)/t21-/m0/s1. The second-order valence-corrected chi connectivity index (χ2v) is 8.62. The molecule has 1 aromatic rings. The summed E-state index contributed by atoms with van der Waals surface area (Å²) in [6, 6.07) is 4.56. The van der Waals surface area contributed by atoms with E-state index in [4.69, 9.17) is 14.2 Å². The zero-order valence-corrected chi connectivity index (χ0v) is 19.0. The van der Waals surface area contributed by atoms with Gasteiger partial charge in [0.15, 0.2) is 11.5 Å². The average molecular weight is 448 g/mol. The average Bonchev–Trinajstić information content (AvgIpc) is 3.24. The molecule has 0 saturated carbocycles. The number of benzene rings is 1. The van der Waals surface area contributed by atoms with Crippen LogP contribution >= 0.6 is 0 Å². The van der Waals surface area contributed by atoms with Gasteiger partial charge in [-0.2, -0.15) is 0 Å². The van der Waals surface area contributed by atoms with Crippen molar-refractivity contribution in [3.05, 3.63) is 23.8 Å². The number of methoxy groups -OCH3 is 1. The molecular formula is C23H33N3O6. The van der Waals surface area contributed by atoms with Gasteiger partial charge < -0.3 is 29.7 Å². The molecule has 1 aromatic carbocycles. The van der Waals surface area contributed by atoms with Crippen molar-refractivity contribution in [1.29, 1.82) is 0 Å². The van der Waals surface area contributed by atoms with E-state index >= 15 is 0 Å². The van der Waals surface area contributed by atoms with Crippen LogP contribution in [-0.4, -0.2) is 68.8 Å². The monoisotopic (exact) mass is 447 g/mol. The van der Waals surface area contributed by atoms with Crippen LogP contribution in [0, 0.1) is 11.8 Å². The van der Waals surface area contributed by atoms with Crippen molar-refractivity contribution in [2.24, 2.45) is 11.8 Å². The second-order valence-electron chi connectivity index (χ2n) is 8.62. The SMILES string of the molecule is COCCNC(=O)[C@@H](NC(=O)CC(C)C)C1CCN(C(=O)c2ccc3c(c2)OCO3)CC1. The number of nitrogens with zero attached hydrogens (tertiary/aromatic N) is 1. The van der Waals surface area contributed by atoms with E-state index in [-0.39, 0.29) is 36.4 Å². The van der Waals surface area contributed by atoms with Crippen LogP contribution in [0.1, 0.15) is 43.5 Å². The van der Waals surface area contributed by atoms with E-state index in [0.717, 1.165) is 0 Å². The molecule has 0 bridgehead atoms. The van der Waals surface area contributed by atoms with Gasteiger partial charge in [-0.25, -0.2) is 0 Å². The van der Waals surface area contributed by atoms with Gasteiger partial charge in [0.2, 0.25) is 18.6 Å². The van der Waals surface area contributed by atoms with Crippen molar-refractivity contribution < 1.29 is 28.6 Å². The van der Waals surface area contributed by atoms with Crippen molar-refractivity contribution in [2.45, 2.75) is 39.2 Å². The minimum atomic E-state index is -0.624. The van der Waals surface area contributed by atoms with Crippen molar-refractivity contribution in [3.8, 4) is 11.5 Å². The van der Waals surface area contributed by atoms with Gasteiger partial charge in [0.05, 0.1) is 6.61 Å². The Labute approximate surface area is 188 Å². The third-order valence-electron chi connectivity index (χ3n) is 5.72. The molecule has 2 aliphatic rings. The summed E-state index contributed by atoms with van der Waals surface area (Å²) in [5.74, 6) is 0.950. The van der Waals surface area contributed by atoms with Crippen LogP contribution in [0.25, 0.3) is 0 Å². The minimum Gasteiger partial charge on any atom is -0.454 e. The number of fused-ring (bicyclic) bond motifs is 1. The van der Waals surface area contributed by atoms with Crippen LogP contribution in [-0.2, 0) is 14.3 Å². The Bertz CT molecular complexity index is 820.